The maximum atomic E-state index is 12.9. The highest BCUT2D eigenvalue weighted by Gasteiger charge is 2.26. The lowest BCUT2D eigenvalue weighted by Crippen LogP contribution is -2.46. The van der Waals surface area contributed by atoms with E-state index in [1.54, 1.807) is 0 Å². The molecule has 1 aromatic carbocycles. The Morgan fingerprint density at radius 2 is 2.06 bits per heavy atom. The van der Waals surface area contributed by atoms with E-state index >= 15 is 0 Å². The van der Waals surface area contributed by atoms with Gasteiger partial charge < -0.3 is 10.1 Å². The van der Waals surface area contributed by atoms with E-state index in [1.165, 1.54) is 17.7 Å². The Bertz CT molecular complexity index is 363. The molecule has 0 bridgehead atoms. The molecule has 0 spiro atoms. The van der Waals surface area contributed by atoms with Gasteiger partial charge in [0.2, 0.25) is 0 Å². The lowest BCUT2D eigenvalue weighted by Gasteiger charge is -2.33. The molecular formula is C15H22FNO. The Labute approximate surface area is 109 Å². The summed E-state index contributed by atoms with van der Waals surface area (Å²) in [7, 11) is 0. The van der Waals surface area contributed by atoms with Crippen molar-refractivity contribution in [1.82, 2.24) is 5.32 Å². The van der Waals surface area contributed by atoms with Gasteiger partial charge >= 0.3 is 0 Å². The smallest absolute Gasteiger partial charge is 0.123 e. The number of hydrogen-bond acceptors (Lipinski definition) is 2. The van der Waals surface area contributed by atoms with Crippen LogP contribution in [-0.2, 0) is 11.2 Å². The molecule has 1 aliphatic heterocycles. The number of nitrogens with one attached hydrogen (secondary N) is 1. The summed E-state index contributed by atoms with van der Waals surface area (Å²) >= 11 is 0. The summed E-state index contributed by atoms with van der Waals surface area (Å²) in [4.78, 5) is 0. The highest BCUT2D eigenvalue weighted by molar-refractivity contribution is 5.17. The van der Waals surface area contributed by atoms with E-state index in [9.17, 15) is 4.39 Å². The predicted octanol–water partition coefficient (Wildman–Crippen LogP) is 2.77. The van der Waals surface area contributed by atoms with Crippen LogP contribution in [0.1, 0.15) is 25.8 Å². The van der Waals surface area contributed by atoms with Crippen LogP contribution in [0, 0.1) is 11.7 Å². The van der Waals surface area contributed by atoms with Crippen LogP contribution in [0.4, 0.5) is 4.39 Å². The standard InChI is InChI=1S/C15H22FNO/c1-11(2)17-15-7-8-18-10-13(15)9-12-3-5-14(16)6-4-12/h3-6,11,13,15,17H,7-10H2,1-2H3/t13-,15-/m1/s1. The van der Waals surface area contributed by atoms with Gasteiger partial charge in [-0.15, -0.1) is 0 Å². The number of benzene rings is 1. The van der Waals surface area contributed by atoms with Gasteiger partial charge in [-0.2, -0.15) is 0 Å². The van der Waals surface area contributed by atoms with Crippen LogP contribution in [0.2, 0.25) is 0 Å². The second-order valence-electron chi connectivity index (χ2n) is 5.38. The normalized spacial score (nSPS) is 24.4. The molecule has 3 heteroatoms. The van der Waals surface area contributed by atoms with E-state index in [0.29, 0.717) is 18.0 Å². The molecule has 0 unspecified atom stereocenters. The number of hydrogen-bond donors (Lipinski definition) is 1. The molecule has 0 aliphatic carbocycles. The first kappa shape index (κ1) is 13.5. The van der Waals surface area contributed by atoms with Gasteiger partial charge in [0.05, 0.1) is 6.61 Å². The van der Waals surface area contributed by atoms with Crippen molar-refractivity contribution < 1.29 is 9.13 Å². The largest absolute Gasteiger partial charge is 0.381 e. The first-order valence-corrected chi connectivity index (χ1v) is 6.73. The number of rotatable bonds is 4. The van der Waals surface area contributed by atoms with Crippen LogP contribution in [0.15, 0.2) is 24.3 Å². The molecule has 1 heterocycles. The van der Waals surface area contributed by atoms with Crippen molar-refractivity contribution in [2.75, 3.05) is 13.2 Å². The zero-order chi connectivity index (χ0) is 13.0. The van der Waals surface area contributed by atoms with Crippen LogP contribution in [0.25, 0.3) is 0 Å². The van der Waals surface area contributed by atoms with E-state index in [2.05, 4.69) is 19.2 Å². The van der Waals surface area contributed by atoms with Gasteiger partial charge in [0.15, 0.2) is 0 Å². The third kappa shape index (κ3) is 3.79. The fraction of sp³-hybridized carbons (Fsp3) is 0.600. The van der Waals surface area contributed by atoms with Gasteiger partial charge in [0.1, 0.15) is 5.82 Å². The lowest BCUT2D eigenvalue weighted by atomic mass is 9.89. The van der Waals surface area contributed by atoms with Crippen molar-refractivity contribution in [3.05, 3.63) is 35.6 Å². The molecule has 0 amide bonds. The highest BCUT2D eigenvalue weighted by Crippen LogP contribution is 2.20. The Morgan fingerprint density at radius 3 is 2.72 bits per heavy atom. The monoisotopic (exact) mass is 251 g/mol. The topological polar surface area (TPSA) is 21.3 Å². The van der Waals surface area contributed by atoms with Gasteiger partial charge in [-0.25, -0.2) is 4.39 Å². The van der Waals surface area contributed by atoms with E-state index in [1.807, 2.05) is 12.1 Å². The molecule has 2 atom stereocenters. The lowest BCUT2D eigenvalue weighted by molar-refractivity contribution is 0.0300. The summed E-state index contributed by atoms with van der Waals surface area (Å²) in [5, 5.41) is 3.61. The summed E-state index contributed by atoms with van der Waals surface area (Å²) < 4.78 is 18.5. The second kappa shape index (κ2) is 6.30. The molecule has 1 fully saturated rings. The Morgan fingerprint density at radius 1 is 1.33 bits per heavy atom. The Kier molecular flexibility index (Phi) is 4.72. The predicted molar refractivity (Wildman–Crippen MR) is 71.1 cm³/mol. The van der Waals surface area contributed by atoms with Gasteiger partial charge in [0, 0.05) is 24.6 Å². The van der Waals surface area contributed by atoms with Gasteiger partial charge in [-0.05, 0) is 30.5 Å². The average Bonchev–Trinajstić information content (AvgIpc) is 2.34. The summed E-state index contributed by atoms with van der Waals surface area (Å²) in [6.07, 6.45) is 2.01. The number of halogens is 1. The SMILES string of the molecule is CC(C)N[C@@H]1CCOC[C@H]1Cc1ccc(F)cc1. The molecule has 0 saturated carbocycles. The van der Waals surface area contributed by atoms with E-state index < -0.39 is 0 Å². The number of ether oxygens (including phenoxy) is 1. The van der Waals surface area contributed by atoms with Crippen LogP contribution in [-0.4, -0.2) is 25.3 Å². The molecule has 2 nitrogen and oxygen atoms in total. The van der Waals surface area contributed by atoms with Crippen molar-refractivity contribution in [3.63, 3.8) is 0 Å². The molecule has 1 saturated heterocycles. The maximum Gasteiger partial charge on any atom is 0.123 e. The van der Waals surface area contributed by atoms with Gasteiger partial charge in [-0.1, -0.05) is 26.0 Å². The molecular weight excluding hydrogens is 229 g/mol. The molecule has 18 heavy (non-hydrogen) atoms. The third-order valence-electron chi connectivity index (χ3n) is 3.43. The third-order valence-corrected chi connectivity index (χ3v) is 3.43. The van der Waals surface area contributed by atoms with E-state index in [4.69, 9.17) is 4.74 Å². The Hall–Kier alpha value is -0.930. The van der Waals surface area contributed by atoms with Gasteiger partial charge in [0.25, 0.3) is 0 Å². The molecule has 1 N–H and O–H groups in total. The fourth-order valence-electron chi connectivity index (χ4n) is 2.57. The van der Waals surface area contributed by atoms with Crippen molar-refractivity contribution in [1.29, 1.82) is 0 Å². The molecule has 0 radical (unpaired) electrons. The van der Waals surface area contributed by atoms with Crippen molar-refractivity contribution in [2.45, 2.75) is 38.8 Å². The summed E-state index contributed by atoms with van der Waals surface area (Å²) in [5.74, 6) is 0.308. The summed E-state index contributed by atoms with van der Waals surface area (Å²) in [6.45, 7) is 5.97. The van der Waals surface area contributed by atoms with Crippen LogP contribution < -0.4 is 5.32 Å². The van der Waals surface area contributed by atoms with E-state index in [-0.39, 0.29) is 5.82 Å². The second-order valence-corrected chi connectivity index (χ2v) is 5.38. The molecule has 1 aromatic rings. The van der Waals surface area contributed by atoms with Crippen LogP contribution in [0.3, 0.4) is 0 Å². The summed E-state index contributed by atoms with van der Waals surface area (Å²) in [5.41, 5.74) is 1.18. The van der Waals surface area contributed by atoms with Crippen molar-refractivity contribution in [2.24, 2.45) is 5.92 Å². The summed E-state index contributed by atoms with van der Waals surface area (Å²) in [6, 6.07) is 7.80. The quantitative estimate of drug-likeness (QED) is 0.888. The highest BCUT2D eigenvalue weighted by atomic mass is 19.1. The molecule has 2 rings (SSSR count). The maximum absolute atomic E-state index is 12.9. The zero-order valence-electron chi connectivity index (χ0n) is 11.2. The molecule has 100 valence electrons. The first-order chi connectivity index (χ1) is 8.65. The van der Waals surface area contributed by atoms with Gasteiger partial charge in [-0.3, -0.25) is 0 Å². The average molecular weight is 251 g/mol. The van der Waals surface area contributed by atoms with Crippen LogP contribution >= 0.6 is 0 Å². The zero-order valence-corrected chi connectivity index (χ0v) is 11.2. The Balaban J connectivity index is 1.98. The molecule has 1 aliphatic rings. The minimum Gasteiger partial charge on any atom is -0.381 e. The van der Waals surface area contributed by atoms with Crippen molar-refractivity contribution >= 4 is 0 Å². The molecule has 0 aromatic heterocycles. The first-order valence-electron chi connectivity index (χ1n) is 6.73. The minimum absolute atomic E-state index is 0.171. The van der Waals surface area contributed by atoms with E-state index in [0.717, 1.165) is 26.1 Å². The van der Waals surface area contributed by atoms with Crippen LogP contribution in [0.5, 0.6) is 0 Å². The van der Waals surface area contributed by atoms with Crippen molar-refractivity contribution in [3.8, 4) is 0 Å². The fourth-order valence-corrected chi connectivity index (χ4v) is 2.57. The minimum atomic E-state index is -0.171.